The van der Waals surface area contributed by atoms with Crippen molar-refractivity contribution in [2.24, 2.45) is 11.7 Å². The van der Waals surface area contributed by atoms with Crippen molar-refractivity contribution in [3.8, 4) is 0 Å². The molecule has 0 aliphatic carbocycles. The van der Waals surface area contributed by atoms with Crippen LogP contribution in [0.2, 0.25) is 0 Å². The molecular weight excluding hydrogens is 326 g/mol. The Bertz CT molecular complexity index is 460. The molecule has 0 bridgehead atoms. The van der Waals surface area contributed by atoms with E-state index in [1.807, 2.05) is 6.92 Å². The van der Waals surface area contributed by atoms with Crippen LogP contribution in [0, 0.1) is 5.92 Å². The van der Waals surface area contributed by atoms with Gasteiger partial charge < -0.3 is 15.6 Å². The first-order valence-electron chi connectivity index (χ1n) is 7.35. The van der Waals surface area contributed by atoms with E-state index < -0.39 is 28.0 Å². The summed E-state index contributed by atoms with van der Waals surface area (Å²) >= 11 is 0. The van der Waals surface area contributed by atoms with E-state index in [4.69, 9.17) is 20.1 Å². The quantitative estimate of drug-likeness (QED) is 0.302. The third-order valence-electron chi connectivity index (χ3n) is 2.59. The maximum atomic E-state index is 10.9. The molecule has 0 saturated carbocycles. The van der Waals surface area contributed by atoms with Crippen LogP contribution in [0.5, 0.6) is 0 Å². The summed E-state index contributed by atoms with van der Waals surface area (Å²) in [4.78, 5) is 21.7. The van der Waals surface area contributed by atoms with Crippen LogP contribution < -0.4 is 5.73 Å². The number of hydrogen-bond donors (Lipinski definition) is 3. The fourth-order valence-electron chi connectivity index (χ4n) is 1.36. The maximum Gasteiger partial charge on any atom is 0.330 e. The number of hydrogen-bond acceptors (Lipinski definition) is 6. The van der Waals surface area contributed by atoms with Gasteiger partial charge in [0.15, 0.2) is 0 Å². The summed E-state index contributed by atoms with van der Waals surface area (Å²) in [6.07, 6.45) is 5.47. The van der Waals surface area contributed by atoms with Crippen LogP contribution in [0.15, 0.2) is 12.2 Å². The molecule has 0 aromatic rings. The van der Waals surface area contributed by atoms with Crippen LogP contribution in [-0.2, 0) is 24.4 Å². The van der Waals surface area contributed by atoms with Gasteiger partial charge in [-0.25, -0.2) is 4.79 Å². The maximum absolute atomic E-state index is 10.9. The number of carbonyl (C=O) groups is 2. The minimum atomic E-state index is -3.77. The van der Waals surface area contributed by atoms with E-state index in [0.29, 0.717) is 19.4 Å². The molecule has 0 rings (SSSR count). The van der Waals surface area contributed by atoms with Crippen LogP contribution in [0.4, 0.5) is 0 Å². The molecule has 0 saturated heterocycles. The van der Waals surface area contributed by atoms with Gasteiger partial charge in [-0.3, -0.25) is 9.35 Å². The minimum absolute atomic E-state index is 0.0431. The molecule has 0 amide bonds. The van der Waals surface area contributed by atoms with E-state index in [1.54, 1.807) is 13.0 Å². The Morgan fingerprint density at radius 3 is 2.26 bits per heavy atom. The SMILES string of the molecule is CC=CC(=O)OCC(CCCC)C(=O)O.NCCCS(=O)(=O)O. The highest BCUT2D eigenvalue weighted by atomic mass is 32.2. The molecule has 0 aliphatic rings. The molecule has 9 heteroatoms. The van der Waals surface area contributed by atoms with Gasteiger partial charge in [0.05, 0.1) is 11.7 Å². The number of allylic oxidation sites excluding steroid dienone is 1. The number of nitrogens with two attached hydrogens (primary N) is 1. The number of carbonyl (C=O) groups excluding carboxylic acids is 1. The second kappa shape index (κ2) is 14.2. The average molecular weight is 353 g/mol. The van der Waals surface area contributed by atoms with E-state index in [1.165, 1.54) is 6.08 Å². The summed E-state index contributed by atoms with van der Waals surface area (Å²) in [5.74, 6) is -2.21. The van der Waals surface area contributed by atoms with Crippen molar-refractivity contribution >= 4 is 22.1 Å². The Balaban J connectivity index is 0. The highest BCUT2D eigenvalue weighted by molar-refractivity contribution is 7.85. The molecule has 8 nitrogen and oxygen atoms in total. The van der Waals surface area contributed by atoms with Gasteiger partial charge in [-0.15, -0.1) is 0 Å². The third-order valence-corrected chi connectivity index (χ3v) is 3.40. The molecular formula is C14H27NO7S. The molecule has 1 unspecified atom stereocenters. The van der Waals surface area contributed by atoms with Crippen LogP contribution in [-0.4, -0.2) is 48.9 Å². The summed E-state index contributed by atoms with van der Waals surface area (Å²) in [5, 5.41) is 8.83. The van der Waals surface area contributed by atoms with Gasteiger partial charge in [-0.2, -0.15) is 8.42 Å². The molecule has 0 fully saturated rings. The molecule has 0 aromatic carbocycles. The lowest BCUT2D eigenvalue weighted by atomic mass is 10.0. The predicted octanol–water partition coefficient (Wildman–Crippen LogP) is 1.22. The monoisotopic (exact) mass is 353 g/mol. The Labute approximate surface area is 137 Å². The first kappa shape index (κ1) is 23.8. The lowest BCUT2D eigenvalue weighted by Gasteiger charge is -2.11. The minimum Gasteiger partial charge on any atom is -0.481 e. The number of carboxylic acids is 1. The molecule has 0 spiro atoms. The summed E-state index contributed by atoms with van der Waals surface area (Å²) in [6, 6.07) is 0. The standard InChI is InChI=1S/C11H18O4.C3H9NO3S/c1-3-5-7-9(11(13)14)8-15-10(12)6-4-2;4-2-1-3-8(5,6)7/h4,6,9H,3,5,7-8H2,1-2H3,(H,13,14);1-4H2,(H,5,6,7). The van der Waals surface area contributed by atoms with Gasteiger partial charge in [0.1, 0.15) is 6.61 Å². The van der Waals surface area contributed by atoms with E-state index in [9.17, 15) is 18.0 Å². The van der Waals surface area contributed by atoms with Gasteiger partial charge in [-0.1, -0.05) is 25.8 Å². The van der Waals surface area contributed by atoms with Crippen molar-refractivity contribution < 1.29 is 32.4 Å². The number of rotatable bonds is 10. The van der Waals surface area contributed by atoms with Crippen molar-refractivity contribution in [2.45, 2.75) is 39.5 Å². The molecule has 4 N–H and O–H groups in total. The van der Waals surface area contributed by atoms with Crippen molar-refractivity contribution in [3.63, 3.8) is 0 Å². The summed E-state index contributed by atoms with van der Waals surface area (Å²) in [7, 11) is -3.77. The number of aliphatic carboxylic acids is 1. The van der Waals surface area contributed by atoms with Gasteiger partial charge in [0.25, 0.3) is 10.1 Å². The second-order valence-electron chi connectivity index (χ2n) is 4.74. The number of ether oxygens (including phenoxy) is 1. The van der Waals surface area contributed by atoms with Crippen LogP contribution >= 0.6 is 0 Å². The largest absolute Gasteiger partial charge is 0.481 e. The highest BCUT2D eigenvalue weighted by Gasteiger charge is 2.18. The zero-order chi connectivity index (χ0) is 18.3. The molecule has 1 atom stereocenters. The van der Waals surface area contributed by atoms with Gasteiger partial charge in [-0.05, 0) is 26.3 Å². The van der Waals surface area contributed by atoms with Crippen molar-refractivity contribution in [2.75, 3.05) is 18.9 Å². The lowest BCUT2D eigenvalue weighted by Crippen LogP contribution is -2.21. The van der Waals surface area contributed by atoms with Crippen molar-refractivity contribution in [3.05, 3.63) is 12.2 Å². The number of unbranched alkanes of at least 4 members (excludes halogenated alkanes) is 1. The zero-order valence-electron chi connectivity index (χ0n) is 13.6. The highest BCUT2D eigenvalue weighted by Crippen LogP contribution is 2.09. The fourth-order valence-corrected chi connectivity index (χ4v) is 1.89. The third kappa shape index (κ3) is 18.5. The zero-order valence-corrected chi connectivity index (χ0v) is 14.4. The Hall–Kier alpha value is -1.45. The van der Waals surface area contributed by atoms with E-state index in [-0.39, 0.29) is 12.4 Å². The predicted molar refractivity (Wildman–Crippen MR) is 86.5 cm³/mol. The average Bonchev–Trinajstić information content (AvgIpc) is 2.45. The first-order valence-corrected chi connectivity index (χ1v) is 8.96. The molecule has 0 heterocycles. The summed E-state index contributed by atoms with van der Waals surface area (Å²) in [6.45, 7) is 3.94. The Kier molecular flexibility index (Phi) is 14.7. The summed E-state index contributed by atoms with van der Waals surface area (Å²) in [5.41, 5.74) is 4.96. The van der Waals surface area contributed by atoms with Crippen LogP contribution in [0.3, 0.4) is 0 Å². The first-order chi connectivity index (χ1) is 10.7. The molecule has 0 radical (unpaired) electrons. The van der Waals surface area contributed by atoms with Crippen molar-refractivity contribution in [1.29, 1.82) is 0 Å². The number of carboxylic acid groups (broad SMARTS) is 1. The number of esters is 1. The summed E-state index contributed by atoms with van der Waals surface area (Å²) < 4.78 is 32.6. The fraction of sp³-hybridized carbons (Fsp3) is 0.714. The molecule has 23 heavy (non-hydrogen) atoms. The molecule has 0 aromatic heterocycles. The van der Waals surface area contributed by atoms with Gasteiger partial charge in [0.2, 0.25) is 0 Å². The molecule has 136 valence electrons. The normalized spacial score (nSPS) is 12.3. The van der Waals surface area contributed by atoms with E-state index >= 15 is 0 Å². The smallest absolute Gasteiger partial charge is 0.330 e. The Morgan fingerprint density at radius 2 is 1.91 bits per heavy atom. The van der Waals surface area contributed by atoms with Crippen molar-refractivity contribution in [1.82, 2.24) is 0 Å². The van der Waals surface area contributed by atoms with Crippen LogP contribution in [0.1, 0.15) is 39.5 Å². The Morgan fingerprint density at radius 1 is 1.30 bits per heavy atom. The molecule has 0 aliphatic heterocycles. The van der Waals surface area contributed by atoms with Crippen LogP contribution in [0.25, 0.3) is 0 Å². The van der Waals surface area contributed by atoms with E-state index in [0.717, 1.165) is 12.8 Å². The van der Waals surface area contributed by atoms with E-state index in [2.05, 4.69) is 0 Å². The topological polar surface area (TPSA) is 144 Å². The van der Waals surface area contributed by atoms with Gasteiger partial charge >= 0.3 is 11.9 Å². The van der Waals surface area contributed by atoms with Gasteiger partial charge in [0, 0.05) is 6.08 Å². The lowest BCUT2D eigenvalue weighted by molar-refractivity contribution is -0.148. The second-order valence-corrected chi connectivity index (χ2v) is 6.31.